The second kappa shape index (κ2) is 17.1. The topological polar surface area (TPSA) is 80.4 Å². The van der Waals surface area contributed by atoms with Crippen molar-refractivity contribution in [2.75, 3.05) is 0 Å². The van der Waals surface area contributed by atoms with Crippen molar-refractivity contribution in [3.63, 3.8) is 0 Å². The SMILES string of the molecule is Cc1ccc2c(c1)c1ccc3c4ccccc4oc3c1n2-c1c(C#N)c(-n2c3c(C)cc(C)cc3c3cc(C)cc(C)c32)c(-n2c3c(C)cc(C)cc3c3cc(C)cc(C)c32)c(C#N)c1-n1c2c(C)cc(C)cc2c2cc(C)cc(C)c21. The zero-order valence-electron chi connectivity index (χ0n) is 48.7. The van der Waals surface area contributed by atoms with E-state index in [1.165, 1.54) is 0 Å². The summed E-state index contributed by atoms with van der Waals surface area (Å²) >= 11 is 0. The quantitative estimate of drug-likeness (QED) is 0.176. The minimum Gasteiger partial charge on any atom is -0.454 e. The van der Waals surface area contributed by atoms with Crippen molar-refractivity contribution < 1.29 is 4.42 Å². The van der Waals surface area contributed by atoms with Crippen molar-refractivity contribution in [3.05, 3.63) is 211 Å². The van der Waals surface area contributed by atoms with Crippen LogP contribution in [-0.2, 0) is 0 Å². The minimum absolute atomic E-state index is 0.421. The first-order chi connectivity index (χ1) is 39.5. The van der Waals surface area contributed by atoms with Crippen LogP contribution in [0.2, 0.25) is 0 Å². The Morgan fingerprint density at radius 2 is 0.622 bits per heavy atom. The molecule has 7 heteroatoms. The number of hydrogen-bond donors (Lipinski definition) is 0. The summed E-state index contributed by atoms with van der Waals surface area (Å²) < 4.78 is 16.6. The normalized spacial score (nSPS) is 12.2. The molecule has 0 fully saturated rings. The van der Waals surface area contributed by atoms with Crippen LogP contribution < -0.4 is 0 Å². The summed E-state index contributed by atoms with van der Waals surface area (Å²) in [6.45, 7) is 28.3. The Kier molecular flexibility index (Phi) is 10.3. The van der Waals surface area contributed by atoms with Crippen LogP contribution >= 0.6 is 0 Å². The molecule has 0 aliphatic heterocycles. The lowest BCUT2D eigenvalue weighted by molar-refractivity contribution is 0.671. The third kappa shape index (κ3) is 6.51. The average molecular weight is 1060 g/mol. The zero-order chi connectivity index (χ0) is 56.8. The number of furan rings is 1. The monoisotopic (exact) mass is 1060 g/mol. The molecule has 15 aromatic rings. The van der Waals surface area contributed by atoms with Gasteiger partial charge in [-0.25, -0.2) is 0 Å². The smallest absolute Gasteiger partial charge is 0.160 e. The van der Waals surface area contributed by atoms with Crippen LogP contribution in [0.4, 0.5) is 0 Å². The Hall–Kier alpha value is -9.82. The van der Waals surface area contributed by atoms with Crippen LogP contribution in [0.25, 0.3) is 132 Å². The van der Waals surface area contributed by atoms with Gasteiger partial charge in [0.2, 0.25) is 0 Å². The molecule has 0 atom stereocenters. The standard InChI is InChI=1S/C75H60N6O/c1-37-18-21-62-53(28-37)51-19-20-52-50-16-14-15-17-63(50)82-75(52)74(51)78(62)70-60(35-76)72(80-66-46(10)24-40(4)31-56(66)57-32-41(5)25-47(11)67(57)80)73(81-68-48(12)26-42(6)33-58(68)59-34-43(7)27-49(13)69(59)81)61(36-77)71(70)79-64-44(8)22-38(2)29-54(64)55-30-39(3)23-45(9)65(55)79/h14-34H,1-13H3. The van der Waals surface area contributed by atoms with Gasteiger partial charge in [-0.15, -0.1) is 0 Å². The molecular weight excluding hydrogens is 1000 g/mol. The van der Waals surface area contributed by atoms with Gasteiger partial charge in [0.05, 0.1) is 66.9 Å². The number of rotatable bonds is 4. The highest BCUT2D eigenvalue weighted by Gasteiger charge is 2.37. The molecule has 5 aromatic heterocycles. The summed E-state index contributed by atoms with van der Waals surface area (Å²) in [5, 5.41) is 36.9. The molecule has 7 nitrogen and oxygen atoms in total. The van der Waals surface area contributed by atoms with E-state index in [0.717, 1.165) is 176 Å². The van der Waals surface area contributed by atoms with Gasteiger partial charge in [0, 0.05) is 53.9 Å². The molecule has 0 radical (unpaired) electrons. The van der Waals surface area contributed by atoms with Crippen LogP contribution in [0.5, 0.6) is 0 Å². The predicted octanol–water partition coefficient (Wildman–Crippen LogP) is 19.7. The van der Waals surface area contributed by atoms with E-state index in [1.807, 2.05) is 12.1 Å². The van der Waals surface area contributed by atoms with E-state index in [2.05, 4.69) is 236 Å². The van der Waals surface area contributed by atoms with Gasteiger partial charge >= 0.3 is 0 Å². The lowest BCUT2D eigenvalue weighted by Gasteiger charge is -2.28. The van der Waals surface area contributed by atoms with Gasteiger partial charge < -0.3 is 22.7 Å². The maximum atomic E-state index is 13.2. The largest absolute Gasteiger partial charge is 0.454 e. The van der Waals surface area contributed by atoms with E-state index in [1.54, 1.807) is 0 Å². The molecule has 396 valence electrons. The van der Waals surface area contributed by atoms with Gasteiger partial charge in [-0.2, -0.15) is 10.5 Å². The summed E-state index contributed by atoms with van der Waals surface area (Å²) in [6.07, 6.45) is 0. The third-order valence-corrected chi connectivity index (χ3v) is 17.8. The van der Waals surface area contributed by atoms with Crippen LogP contribution in [0, 0.1) is 113 Å². The highest BCUT2D eigenvalue weighted by atomic mass is 16.3. The van der Waals surface area contributed by atoms with Crippen molar-refractivity contribution in [3.8, 4) is 34.9 Å². The number of nitrogens with zero attached hydrogens (tertiary/aromatic N) is 6. The maximum Gasteiger partial charge on any atom is 0.160 e. The molecule has 0 saturated heterocycles. The maximum absolute atomic E-state index is 13.2. The molecule has 0 aliphatic carbocycles. The predicted molar refractivity (Wildman–Crippen MR) is 342 cm³/mol. The first-order valence-electron chi connectivity index (χ1n) is 28.4. The zero-order valence-corrected chi connectivity index (χ0v) is 48.7. The lowest BCUT2D eigenvalue weighted by atomic mass is 9.97. The van der Waals surface area contributed by atoms with Crippen molar-refractivity contribution in [2.24, 2.45) is 0 Å². The van der Waals surface area contributed by atoms with E-state index in [9.17, 15) is 10.5 Å². The molecule has 5 heterocycles. The van der Waals surface area contributed by atoms with Crippen molar-refractivity contribution in [2.45, 2.75) is 90.0 Å². The number of nitriles is 2. The molecule has 0 saturated carbocycles. The van der Waals surface area contributed by atoms with Crippen LogP contribution in [0.3, 0.4) is 0 Å². The van der Waals surface area contributed by atoms with Crippen LogP contribution in [-0.4, -0.2) is 18.3 Å². The average Bonchev–Trinajstić information content (AvgIpc) is 2.99. The molecule has 0 bridgehead atoms. The van der Waals surface area contributed by atoms with E-state index in [0.29, 0.717) is 39.5 Å². The fourth-order valence-corrected chi connectivity index (χ4v) is 15.2. The highest BCUT2D eigenvalue weighted by molar-refractivity contribution is 6.23. The molecule has 0 amide bonds. The number of fused-ring (bicyclic) bond motifs is 16. The fourth-order valence-electron chi connectivity index (χ4n) is 15.2. The minimum atomic E-state index is 0.421. The second-order valence-electron chi connectivity index (χ2n) is 24.0. The number of hydrogen-bond acceptors (Lipinski definition) is 3. The molecule has 0 aliphatic rings. The molecule has 0 N–H and O–H groups in total. The molecule has 82 heavy (non-hydrogen) atoms. The van der Waals surface area contributed by atoms with Crippen molar-refractivity contribution in [1.29, 1.82) is 10.5 Å². The highest BCUT2D eigenvalue weighted by Crippen LogP contribution is 2.52. The van der Waals surface area contributed by atoms with Gasteiger partial charge in [0.15, 0.2) is 5.58 Å². The van der Waals surface area contributed by atoms with E-state index >= 15 is 0 Å². The van der Waals surface area contributed by atoms with Crippen molar-refractivity contribution >= 4 is 109 Å². The summed E-state index contributed by atoms with van der Waals surface area (Å²) in [5.74, 6) is 0. The van der Waals surface area contributed by atoms with E-state index < -0.39 is 0 Å². The lowest BCUT2D eigenvalue weighted by Crippen LogP contribution is -2.17. The molecule has 10 aromatic carbocycles. The number of aryl methyl sites for hydroxylation is 13. The Balaban J connectivity index is 1.34. The second-order valence-corrected chi connectivity index (χ2v) is 24.0. The van der Waals surface area contributed by atoms with Crippen LogP contribution in [0.1, 0.15) is 83.5 Å². The number of benzene rings is 10. The first kappa shape index (κ1) is 49.2. The van der Waals surface area contributed by atoms with Gasteiger partial charge in [-0.1, -0.05) is 106 Å². The summed E-state index contributed by atoms with van der Waals surface area (Å²) in [5.41, 5.74) is 26.9. The van der Waals surface area contributed by atoms with Crippen molar-refractivity contribution in [1.82, 2.24) is 18.3 Å². The third-order valence-electron chi connectivity index (χ3n) is 17.8. The number of para-hydroxylation sites is 1. The molecule has 15 rings (SSSR count). The van der Waals surface area contributed by atoms with Crippen LogP contribution in [0.15, 0.2) is 132 Å². The Morgan fingerprint density at radius 3 is 0.988 bits per heavy atom. The molecular formula is C75H60N6O. The first-order valence-corrected chi connectivity index (χ1v) is 28.4. The van der Waals surface area contributed by atoms with Gasteiger partial charge in [0.25, 0.3) is 0 Å². The molecule has 0 unspecified atom stereocenters. The summed E-state index contributed by atoms with van der Waals surface area (Å²) in [7, 11) is 0. The van der Waals surface area contributed by atoms with E-state index in [4.69, 9.17) is 4.42 Å². The molecule has 0 spiro atoms. The Labute approximate surface area is 475 Å². The number of aromatic nitrogens is 4. The van der Waals surface area contributed by atoms with Gasteiger partial charge in [-0.3, -0.25) is 0 Å². The van der Waals surface area contributed by atoms with Gasteiger partial charge in [-0.05, 0) is 184 Å². The van der Waals surface area contributed by atoms with E-state index in [-0.39, 0.29) is 0 Å². The van der Waals surface area contributed by atoms with Gasteiger partial charge in [0.1, 0.15) is 28.8 Å². The Morgan fingerprint density at radius 1 is 0.293 bits per heavy atom. The summed E-state index contributed by atoms with van der Waals surface area (Å²) in [6, 6.07) is 52.8. The summed E-state index contributed by atoms with van der Waals surface area (Å²) in [4.78, 5) is 0. The fraction of sp³-hybridized carbons (Fsp3) is 0.173. The Bertz CT molecular complexity index is 5370.